The summed E-state index contributed by atoms with van der Waals surface area (Å²) in [6.07, 6.45) is 9.67. The summed E-state index contributed by atoms with van der Waals surface area (Å²) in [5.41, 5.74) is -0.0300. The molecular formula is C12H19N3O2S. The molecule has 1 heterocycles. The van der Waals surface area contributed by atoms with Gasteiger partial charge < -0.3 is 10.4 Å². The largest absolute Gasteiger partial charge is 0.476 e. The number of carbonyl (C=O) groups is 1. The van der Waals surface area contributed by atoms with Gasteiger partial charge in [0.2, 0.25) is 0 Å². The Morgan fingerprint density at radius 1 is 1.28 bits per heavy atom. The summed E-state index contributed by atoms with van der Waals surface area (Å²) in [5.74, 6) is 0.808. The SMILES string of the molecule is CSCCCCCCNc1cnc(C(=O)O)cn1. The third kappa shape index (κ3) is 5.86. The van der Waals surface area contributed by atoms with Gasteiger partial charge in [0.15, 0.2) is 5.69 Å². The molecule has 0 aliphatic heterocycles. The van der Waals surface area contributed by atoms with Crippen LogP contribution in [0.3, 0.4) is 0 Å². The minimum atomic E-state index is -1.05. The van der Waals surface area contributed by atoms with Crippen molar-refractivity contribution >= 4 is 23.5 Å². The van der Waals surface area contributed by atoms with Crippen LogP contribution in [0.5, 0.6) is 0 Å². The summed E-state index contributed by atoms with van der Waals surface area (Å²) in [7, 11) is 0. The summed E-state index contributed by atoms with van der Waals surface area (Å²) < 4.78 is 0. The zero-order chi connectivity index (χ0) is 13.2. The van der Waals surface area contributed by atoms with E-state index in [2.05, 4.69) is 21.5 Å². The van der Waals surface area contributed by atoms with Gasteiger partial charge in [0.05, 0.1) is 12.4 Å². The first-order chi connectivity index (χ1) is 8.74. The van der Waals surface area contributed by atoms with Crippen LogP contribution in [0.1, 0.15) is 36.2 Å². The molecule has 0 bridgehead atoms. The van der Waals surface area contributed by atoms with Gasteiger partial charge in [-0.05, 0) is 24.9 Å². The van der Waals surface area contributed by atoms with Crippen LogP contribution in [0.25, 0.3) is 0 Å². The predicted octanol–water partition coefficient (Wildman–Crippen LogP) is 2.51. The van der Waals surface area contributed by atoms with Crippen molar-refractivity contribution in [2.45, 2.75) is 25.7 Å². The fraction of sp³-hybridized carbons (Fsp3) is 0.583. The molecule has 2 N–H and O–H groups in total. The molecule has 6 heteroatoms. The quantitative estimate of drug-likeness (QED) is 0.671. The first-order valence-electron chi connectivity index (χ1n) is 6.02. The second kappa shape index (κ2) is 8.74. The third-order valence-electron chi connectivity index (χ3n) is 2.45. The van der Waals surface area contributed by atoms with Gasteiger partial charge in [-0.3, -0.25) is 0 Å². The fourth-order valence-corrected chi connectivity index (χ4v) is 1.96. The highest BCUT2D eigenvalue weighted by atomic mass is 32.2. The number of carboxylic acid groups (broad SMARTS) is 1. The standard InChI is InChI=1S/C12H19N3O2S/c1-18-7-5-3-2-4-6-13-11-9-14-10(8-15-11)12(16)17/h8-9H,2-7H2,1H3,(H,13,15)(H,16,17). The Labute approximate surface area is 111 Å². The van der Waals surface area contributed by atoms with Crippen LogP contribution in [-0.2, 0) is 0 Å². The number of aromatic carboxylic acids is 1. The van der Waals surface area contributed by atoms with E-state index in [9.17, 15) is 4.79 Å². The second-order valence-electron chi connectivity index (χ2n) is 3.93. The molecule has 0 aliphatic rings. The van der Waals surface area contributed by atoms with E-state index in [-0.39, 0.29) is 5.69 Å². The molecule has 1 rings (SSSR count). The molecule has 0 radical (unpaired) electrons. The van der Waals surface area contributed by atoms with Gasteiger partial charge in [0.1, 0.15) is 5.82 Å². The lowest BCUT2D eigenvalue weighted by Crippen LogP contribution is -2.06. The molecule has 0 aromatic carbocycles. The first kappa shape index (κ1) is 14.8. The molecule has 0 amide bonds. The number of rotatable bonds is 9. The predicted molar refractivity (Wildman–Crippen MR) is 74.3 cm³/mol. The second-order valence-corrected chi connectivity index (χ2v) is 4.91. The number of thioether (sulfide) groups is 1. The van der Waals surface area contributed by atoms with Gasteiger partial charge in [0.25, 0.3) is 0 Å². The van der Waals surface area contributed by atoms with E-state index in [1.807, 2.05) is 11.8 Å². The lowest BCUT2D eigenvalue weighted by atomic mass is 10.2. The third-order valence-corrected chi connectivity index (χ3v) is 3.15. The van der Waals surface area contributed by atoms with Crippen molar-refractivity contribution in [2.75, 3.05) is 23.9 Å². The minimum Gasteiger partial charge on any atom is -0.476 e. The van der Waals surface area contributed by atoms with E-state index >= 15 is 0 Å². The van der Waals surface area contributed by atoms with Gasteiger partial charge in [-0.15, -0.1) is 0 Å². The Bertz CT molecular complexity index is 357. The molecule has 5 nitrogen and oxygen atoms in total. The lowest BCUT2D eigenvalue weighted by Gasteiger charge is -2.05. The highest BCUT2D eigenvalue weighted by Crippen LogP contribution is 2.06. The Hall–Kier alpha value is -1.30. The van der Waals surface area contributed by atoms with Gasteiger partial charge >= 0.3 is 5.97 Å². The van der Waals surface area contributed by atoms with E-state index in [4.69, 9.17) is 5.11 Å². The van der Waals surface area contributed by atoms with E-state index in [0.29, 0.717) is 5.82 Å². The van der Waals surface area contributed by atoms with Crippen LogP contribution in [0.4, 0.5) is 5.82 Å². The molecule has 0 unspecified atom stereocenters. The lowest BCUT2D eigenvalue weighted by molar-refractivity contribution is 0.0690. The highest BCUT2D eigenvalue weighted by molar-refractivity contribution is 7.98. The number of unbranched alkanes of at least 4 members (excludes halogenated alkanes) is 3. The molecule has 0 saturated carbocycles. The van der Waals surface area contributed by atoms with Crippen LogP contribution in [-0.4, -0.2) is 39.6 Å². The van der Waals surface area contributed by atoms with Crippen molar-refractivity contribution in [1.29, 1.82) is 0 Å². The summed E-state index contributed by atoms with van der Waals surface area (Å²) in [6.45, 7) is 0.848. The van der Waals surface area contributed by atoms with Crippen LogP contribution in [0.15, 0.2) is 12.4 Å². The Morgan fingerprint density at radius 2 is 2.06 bits per heavy atom. The average Bonchev–Trinajstić information content (AvgIpc) is 2.38. The van der Waals surface area contributed by atoms with Crippen molar-refractivity contribution in [3.05, 3.63) is 18.1 Å². The Balaban J connectivity index is 2.14. The maximum absolute atomic E-state index is 10.6. The monoisotopic (exact) mass is 269 g/mol. The number of aromatic nitrogens is 2. The Kier molecular flexibility index (Phi) is 7.17. The smallest absolute Gasteiger partial charge is 0.356 e. The summed E-state index contributed by atoms with van der Waals surface area (Å²) in [6, 6.07) is 0. The van der Waals surface area contributed by atoms with Crippen molar-refractivity contribution < 1.29 is 9.90 Å². The van der Waals surface area contributed by atoms with Crippen LogP contribution in [0, 0.1) is 0 Å². The molecule has 1 aromatic heterocycles. The molecule has 0 aliphatic carbocycles. The van der Waals surface area contributed by atoms with Gasteiger partial charge in [-0.2, -0.15) is 11.8 Å². The topological polar surface area (TPSA) is 75.1 Å². The first-order valence-corrected chi connectivity index (χ1v) is 7.41. The maximum Gasteiger partial charge on any atom is 0.356 e. The van der Waals surface area contributed by atoms with Crippen LogP contribution in [0.2, 0.25) is 0 Å². The van der Waals surface area contributed by atoms with Gasteiger partial charge in [-0.25, -0.2) is 14.8 Å². The molecule has 0 spiro atoms. The molecule has 0 atom stereocenters. The molecule has 1 aromatic rings. The number of anilines is 1. The normalized spacial score (nSPS) is 10.3. The van der Waals surface area contributed by atoms with E-state index in [0.717, 1.165) is 13.0 Å². The average molecular weight is 269 g/mol. The number of carboxylic acids is 1. The number of hydrogen-bond donors (Lipinski definition) is 2. The summed E-state index contributed by atoms with van der Waals surface area (Å²) in [5, 5.41) is 11.8. The van der Waals surface area contributed by atoms with Crippen molar-refractivity contribution in [1.82, 2.24) is 9.97 Å². The van der Waals surface area contributed by atoms with Crippen molar-refractivity contribution in [3.8, 4) is 0 Å². The fourth-order valence-electron chi connectivity index (χ4n) is 1.47. The Morgan fingerprint density at radius 3 is 2.67 bits per heavy atom. The molecule has 0 saturated heterocycles. The number of nitrogens with zero attached hydrogens (tertiary/aromatic N) is 2. The highest BCUT2D eigenvalue weighted by Gasteiger charge is 2.03. The van der Waals surface area contributed by atoms with Crippen LogP contribution >= 0.6 is 11.8 Å². The molecule has 18 heavy (non-hydrogen) atoms. The molecule has 0 fully saturated rings. The van der Waals surface area contributed by atoms with Crippen LogP contribution < -0.4 is 5.32 Å². The zero-order valence-corrected chi connectivity index (χ0v) is 11.4. The van der Waals surface area contributed by atoms with Gasteiger partial charge in [-0.1, -0.05) is 12.8 Å². The summed E-state index contributed by atoms with van der Waals surface area (Å²) in [4.78, 5) is 18.4. The number of nitrogens with one attached hydrogen (secondary N) is 1. The van der Waals surface area contributed by atoms with E-state index < -0.39 is 5.97 Å². The van der Waals surface area contributed by atoms with E-state index in [1.54, 1.807) is 0 Å². The van der Waals surface area contributed by atoms with Gasteiger partial charge in [0, 0.05) is 6.54 Å². The molecular weight excluding hydrogens is 250 g/mol. The number of hydrogen-bond acceptors (Lipinski definition) is 5. The zero-order valence-electron chi connectivity index (χ0n) is 10.6. The van der Waals surface area contributed by atoms with Crippen molar-refractivity contribution in [3.63, 3.8) is 0 Å². The summed E-state index contributed by atoms with van der Waals surface area (Å²) >= 11 is 1.88. The van der Waals surface area contributed by atoms with E-state index in [1.165, 1.54) is 37.4 Å². The minimum absolute atomic E-state index is 0.0300. The molecule has 100 valence electrons. The maximum atomic E-state index is 10.6. The van der Waals surface area contributed by atoms with Crippen molar-refractivity contribution in [2.24, 2.45) is 0 Å².